The van der Waals surface area contributed by atoms with Crippen LogP contribution >= 0.6 is 0 Å². The summed E-state index contributed by atoms with van der Waals surface area (Å²) in [5.41, 5.74) is 1.90. The van der Waals surface area contributed by atoms with Crippen LogP contribution in [0.5, 0.6) is 0 Å². The van der Waals surface area contributed by atoms with E-state index >= 15 is 0 Å². The smallest absolute Gasteiger partial charge is 0.232 e. The molecule has 1 N–H and O–H groups in total. The third kappa shape index (κ3) is 3.44. The molecule has 0 spiro atoms. The van der Waals surface area contributed by atoms with E-state index in [1.807, 2.05) is 60.7 Å². The zero-order chi connectivity index (χ0) is 13.7. The maximum absolute atomic E-state index is 12.4. The molecule has 1 amide bonds. The Morgan fingerprint density at radius 2 is 1.42 bits per heavy atom. The molecular weight excluding hydrogens is 234 g/mol. The highest BCUT2D eigenvalue weighted by atomic mass is 16.1. The van der Waals surface area contributed by atoms with Crippen molar-refractivity contribution in [2.75, 3.05) is 5.32 Å². The molecule has 0 aliphatic heterocycles. The molecule has 0 fully saturated rings. The van der Waals surface area contributed by atoms with Gasteiger partial charge in [-0.3, -0.25) is 4.79 Å². The molecule has 0 saturated heterocycles. The van der Waals surface area contributed by atoms with Gasteiger partial charge in [-0.1, -0.05) is 62.4 Å². The van der Waals surface area contributed by atoms with Gasteiger partial charge in [-0.05, 0) is 23.6 Å². The molecule has 1 atom stereocenters. The zero-order valence-electron chi connectivity index (χ0n) is 11.3. The number of rotatable bonds is 4. The molecule has 1 unspecified atom stereocenters. The van der Waals surface area contributed by atoms with Gasteiger partial charge in [-0.2, -0.15) is 0 Å². The molecule has 2 nitrogen and oxygen atoms in total. The number of carbonyl (C=O) groups is 1. The minimum atomic E-state index is -0.124. The van der Waals surface area contributed by atoms with Gasteiger partial charge < -0.3 is 5.32 Å². The van der Waals surface area contributed by atoms with Gasteiger partial charge in [0, 0.05) is 5.69 Å². The zero-order valence-corrected chi connectivity index (χ0v) is 11.3. The lowest BCUT2D eigenvalue weighted by Gasteiger charge is -2.20. The second kappa shape index (κ2) is 6.19. The van der Waals surface area contributed by atoms with Crippen molar-refractivity contribution in [1.29, 1.82) is 0 Å². The number of nitrogens with one attached hydrogen (secondary N) is 1. The van der Waals surface area contributed by atoms with Crippen LogP contribution in [0.2, 0.25) is 0 Å². The summed E-state index contributed by atoms with van der Waals surface area (Å²) >= 11 is 0. The molecular formula is C17H19NO. The molecule has 2 aromatic rings. The Balaban J connectivity index is 2.19. The minimum Gasteiger partial charge on any atom is -0.326 e. The van der Waals surface area contributed by atoms with Crippen molar-refractivity contribution in [3.05, 3.63) is 66.2 Å². The lowest BCUT2D eigenvalue weighted by molar-refractivity contribution is -0.118. The average molecular weight is 253 g/mol. The van der Waals surface area contributed by atoms with Crippen molar-refractivity contribution in [1.82, 2.24) is 0 Å². The molecule has 2 heteroatoms. The molecule has 2 rings (SSSR count). The Hall–Kier alpha value is -2.09. The molecule has 19 heavy (non-hydrogen) atoms. The van der Waals surface area contributed by atoms with E-state index in [0.29, 0.717) is 0 Å². The first-order valence-electron chi connectivity index (χ1n) is 6.59. The Kier molecular flexibility index (Phi) is 4.35. The van der Waals surface area contributed by atoms with Crippen LogP contribution in [0.25, 0.3) is 0 Å². The Morgan fingerprint density at radius 3 is 1.95 bits per heavy atom. The van der Waals surface area contributed by atoms with Crippen LogP contribution in [0, 0.1) is 5.92 Å². The van der Waals surface area contributed by atoms with Gasteiger partial charge in [-0.25, -0.2) is 0 Å². The van der Waals surface area contributed by atoms with Crippen LogP contribution < -0.4 is 5.32 Å². The SMILES string of the molecule is CC(C)C(C(=O)Nc1ccccc1)c1ccccc1. The van der Waals surface area contributed by atoms with Crippen molar-refractivity contribution in [2.24, 2.45) is 5.92 Å². The van der Waals surface area contributed by atoms with E-state index in [1.165, 1.54) is 0 Å². The largest absolute Gasteiger partial charge is 0.326 e. The first-order valence-corrected chi connectivity index (χ1v) is 6.59. The van der Waals surface area contributed by atoms with Gasteiger partial charge in [0.15, 0.2) is 0 Å². The molecule has 0 aliphatic rings. The van der Waals surface area contributed by atoms with Crippen LogP contribution in [-0.2, 0) is 4.79 Å². The summed E-state index contributed by atoms with van der Waals surface area (Å²) in [6.07, 6.45) is 0. The van der Waals surface area contributed by atoms with Gasteiger partial charge >= 0.3 is 0 Å². The fourth-order valence-electron chi connectivity index (χ4n) is 2.24. The number of hydrogen-bond donors (Lipinski definition) is 1. The average Bonchev–Trinajstić information content (AvgIpc) is 2.40. The normalized spacial score (nSPS) is 12.2. The molecule has 0 radical (unpaired) electrons. The highest BCUT2D eigenvalue weighted by molar-refractivity contribution is 5.96. The second-order valence-corrected chi connectivity index (χ2v) is 4.99. The van der Waals surface area contributed by atoms with Crippen molar-refractivity contribution >= 4 is 11.6 Å². The highest BCUT2D eigenvalue weighted by Crippen LogP contribution is 2.25. The van der Waals surface area contributed by atoms with E-state index in [0.717, 1.165) is 11.3 Å². The minimum absolute atomic E-state index is 0.0485. The first-order chi connectivity index (χ1) is 9.18. The summed E-state index contributed by atoms with van der Waals surface area (Å²) in [6, 6.07) is 19.5. The van der Waals surface area contributed by atoms with Crippen molar-refractivity contribution in [3.63, 3.8) is 0 Å². The number of carbonyl (C=O) groups excluding carboxylic acids is 1. The third-order valence-electron chi connectivity index (χ3n) is 3.15. The van der Waals surface area contributed by atoms with Gasteiger partial charge in [0.05, 0.1) is 5.92 Å². The molecule has 0 bridgehead atoms. The van der Waals surface area contributed by atoms with Gasteiger partial charge in [0.25, 0.3) is 0 Å². The summed E-state index contributed by atoms with van der Waals surface area (Å²) in [5.74, 6) is 0.180. The van der Waals surface area contributed by atoms with Crippen LogP contribution in [0.1, 0.15) is 25.3 Å². The maximum Gasteiger partial charge on any atom is 0.232 e. The van der Waals surface area contributed by atoms with Crippen molar-refractivity contribution in [3.8, 4) is 0 Å². The predicted molar refractivity (Wildman–Crippen MR) is 79.1 cm³/mol. The topological polar surface area (TPSA) is 29.1 Å². The Morgan fingerprint density at radius 1 is 0.895 bits per heavy atom. The monoisotopic (exact) mass is 253 g/mol. The third-order valence-corrected chi connectivity index (χ3v) is 3.15. The summed E-state index contributed by atoms with van der Waals surface area (Å²) in [6.45, 7) is 4.14. The van der Waals surface area contributed by atoms with Crippen LogP contribution in [0.3, 0.4) is 0 Å². The van der Waals surface area contributed by atoms with Gasteiger partial charge in [0.1, 0.15) is 0 Å². The Bertz CT molecular complexity index is 519. The quantitative estimate of drug-likeness (QED) is 0.874. The second-order valence-electron chi connectivity index (χ2n) is 4.99. The number of amides is 1. The predicted octanol–water partition coefficient (Wildman–Crippen LogP) is 4.06. The molecule has 2 aromatic carbocycles. The molecule has 98 valence electrons. The standard InChI is InChI=1S/C17H19NO/c1-13(2)16(14-9-5-3-6-10-14)17(19)18-15-11-7-4-8-12-15/h3-13,16H,1-2H3,(H,18,19). The highest BCUT2D eigenvalue weighted by Gasteiger charge is 2.23. The van der Waals surface area contributed by atoms with Gasteiger partial charge in [0.2, 0.25) is 5.91 Å². The summed E-state index contributed by atoms with van der Waals surface area (Å²) in [7, 11) is 0. The van der Waals surface area contributed by atoms with E-state index in [-0.39, 0.29) is 17.7 Å². The lowest BCUT2D eigenvalue weighted by Crippen LogP contribution is -2.25. The van der Waals surface area contributed by atoms with Crippen LogP contribution in [-0.4, -0.2) is 5.91 Å². The first kappa shape index (κ1) is 13.3. The van der Waals surface area contributed by atoms with E-state index in [2.05, 4.69) is 19.2 Å². The summed E-state index contributed by atoms with van der Waals surface area (Å²) in [4.78, 5) is 12.4. The van der Waals surface area contributed by atoms with E-state index < -0.39 is 0 Å². The maximum atomic E-state index is 12.4. The molecule has 0 heterocycles. The summed E-state index contributed by atoms with van der Waals surface area (Å²) < 4.78 is 0. The summed E-state index contributed by atoms with van der Waals surface area (Å²) in [5, 5.41) is 2.98. The molecule has 0 aliphatic carbocycles. The number of para-hydroxylation sites is 1. The number of hydrogen-bond acceptors (Lipinski definition) is 1. The van der Waals surface area contributed by atoms with Crippen LogP contribution in [0.15, 0.2) is 60.7 Å². The Labute approximate surface area is 114 Å². The van der Waals surface area contributed by atoms with Crippen molar-refractivity contribution < 1.29 is 4.79 Å². The van der Waals surface area contributed by atoms with Crippen LogP contribution in [0.4, 0.5) is 5.69 Å². The van der Waals surface area contributed by atoms with Gasteiger partial charge in [-0.15, -0.1) is 0 Å². The molecule has 0 aromatic heterocycles. The van der Waals surface area contributed by atoms with Crippen molar-refractivity contribution in [2.45, 2.75) is 19.8 Å². The number of benzene rings is 2. The number of anilines is 1. The fraction of sp³-hybridized carbons (Fsp3) is 0.235. The van der Waals surface area contributed by atoms with E-state index in [9.17, 15) is 4.79 Å². The lowest BCUT2D eigenvalue weighted by atomic mass is 9.87. The fourth-order valence-corrected chi connectivity index (χ4v) is 2.24. The van der Waals surface area contributed by atoms with E-state index in [1.54, 1.807) is 0 Å². The van der Waals surface area contributed by atoms with E-state index in [4.69, 9.17) is 0 Å². The molecule has 0 saturated carbocycles.